The highest BCUT2D eigenvalue weighted by Gasteiger charge is 2.24. The molecule has 2 aromatic carbocycles. The molecule has 2 heterocycles. The van der Waals surface area contributed by atoms with Gasteiger partial charge in [0.15, 0.2) is 17.2 Å². The molecule has 0 unspecified atom stereocenters. The van der Waals surface area contributed by atoms with Gasteiger partial charge in [0, 0.05) is 13.0 Å². The van der Waals surface area contributed by atoms with Gasteiger partial charge in [-0.15, -0.1) is 0 Å². The van der Waals surface area contributed by atoms with Gasteiger partial charge >= 0.3 is 5.69 Å². The molecule has 0 bridgehead atoms. The molecule has 0 radical (unpaired) electrons. The molecule has 178 valence electrons. The maximum Gasteiger partial charge on any atom is 0.330 e. The second-order valence-corrected chi connectivity index (χ2v) is 8.15. The molecule has 1 aliphatic rings. The van der Waals surface area contributed by atoms with Crippen molar-refractivity contribution in [3.63, 3.8) is 0 Å². The van der Waals surface area contributed by atoms with Crippen LogP contribution in [0.5, 0.6) is 11.5 Å². The number of nitrogens with one attached hydrogen (secondary N) is 1. The highest BCUT2D eigenvalue weighted by atomic mass is 16.7. The summed E-state index contributed by atoms with van der Waals surface area (Å²) in [7, 11) is 0. The third-order valence-electron chi connectivity index (χ3n) is 5.77. The van der Waals surface area contributed by atoms with Gasteiger partial charge in [-0.05, 0) is 36.1 Å². The lowest BCUT2D eigenvalue weighted by Gasteiger charge is -2.24. The summed E-state index contributed by atoms with van der Waals surface area (Å²) < 4.78 is 12.0. The van der Waals surface area contributed by atoms with E-state index in [1.165, 1.54) is 9.47 Å². The van der Waals surface area contributed by atoms with Gasteiger partial charge in [-0.25, -0.2) is 4.79 Å². The van der Waals surface area contributed by atoms with E-state index in [0.29, 0.717) is 30.9 Å². The molecule has 9 nitrogen and oxygen atoms in total. The molecular weight excluding hydrogens is 436 g/mol. The minimum Gasteiger partial charge on any atom is -0.454 e. The van der Waals surface area contributed by atoms with E-state index in [-0.39, 0.29) is 37.2 Å². The molecule has 1 aliphatic heterocycles. The lowest BCUT2D eigenvalue weighted by molar-refractivity contribution is -0.118. The maximum atomic E-state index is 13.3. The second kappa shape index (κ2) is 10.3. The molecule has 34 heavy (non-hydrogen) atoms. The predicted octanol–water partition coefficient (Wildman–Crippen LogP) is 2.66. The number of nitrogens with two attached hydrogens (primary N) is 1. The normalized spacial score (nSPS) is 12.0. The topological polar surface area (TPSA) is 120 Å². The number of benzene rings is 2. The fourth-order valence-electron chi connectivity index (χ4n) is 3.92. The van der Waals surface area contributed by atoms with Crippen LogP contribution in [0.15, 0.2) is 58.1 Å². The first-order chi connectivity index (χ1) is 16.5. The molecule has 4 rings (SSSR count). The average Bonchev–Trinajstić information content (AvgIpc) is 3.31. The van der Waals surface area contributed by atoms with Crippen LogP contribution in [0.25, 0.3) is 0 Å². The van der Waals surface area contributed by atoms with Gasteiger partial charge in [-0.3, -0.25) is 19.1 Å². The summed E-state index contributed by atoms with van der Waals surface area (Å²) in [5.74, 6) is 1.07. The lowest BCUT2D eigenvalue weighted by atomic mass is 10.1. The standard InChI is InChI=1S/C25H28N4O5/c1-2-3-13-28(21(30)12-10-17-9-11-19-20(14-17)34-16-33-19)22-23(26)29(25(32)27-24(22)31)15-18-7-5-4-6-8-18/h4-9,11,14H,2-3,10,12-13,15-16,26H2,1H3,(H,27,31,32). The number of amides is 1. The minimum absolute atomic E-state index is 0.0136. The number of carbonyl (C=O) groups excluding carboxylic acids is 1. The Kier molecular flexibility index (Phi) is 7.01. The number of hydrogen-bond acceptors (Lipinski definition) is 6. The quantitative estimate of drug-likeness (QED) is 0.502. The minimum atomic E-state index is -0.667. The Hall–Kier alpha value is -4.01. The van der Waals surface area contributed by atoms with E-state index in [0.717, 1.165) is 17.5 Å². The van der Waals surface area contributed by atoms with Gasteiger partial charge in [-0.1, -0.05) is 49.7 Å². The maximum absolute atomic E-state index is 13.3. The molecule has 0 spiro atoms. The predicted molar refractivity (Wildman–Crippen MR) is 129 cm³/mol. The number of ether oxygens (including phenoxy) is 2. The zero-order chi connectivity index (χ0) is 24.1. The number of aromatic amines is 1. The Bertz CT molecular complexity index is 1280. The van der Waals surface area contributed by atoms with E-state index in [2.05, 4.69) is 4.98 Å². The van der Waals surface area contributed by atoms with Crippen molar-refractivity contribution in [2.75, 3.05) is 24.0 Å². The van der Waals surface area contributed by atoms with Gasteiger partial charge in [0.1, 0.15) is 5.82 Å². The number of rotatable bonds is 9. The third kappa shape index (κ3) is 4.98. The molecule has 0 atom stereocenters. The second-order valence-electron chi connectivity index (χ2n) is 8.15. The van der Waals surface area contributed by atoms with Crippen molar-refractivity contribution < 1.29 is 14.3 Å². The van der Waals surface area contributed by atoms with Crippen LogP contribution in [0.2, 0.25) is 0 Å². The zero-order valence-electron chi connectivity index (χ0n) is 19.1. The van der Waals surface area contributed by atoms with Crippen LogP contribution in [-0.2, 0) is 17.8 Å². The molecule has 0 saturated carbocycles. The van der Waals surface area contributed by atoms with E-state index in [1.54, 1.807) is 0 Å². The number of unbranched alkanes of at least 4 members (excludes halogenated alkanes) is 1. The molecule has 0 saturated heterocycles. The van der Waals surface area contributed by atoms with Crippen LogP contribution in [0, 0.1) is 0 Å². The molecule has 0 fully saturated rings. The number of anilines is 2. The number of aromatic nitrogens is 2. The van der Waals surface area contributed by atoms with E-state index >= 15 is 0 Å². The summed E-state index contributed by atoms with van der Waals surface area (Å²) in [4.78, 5) is 42.4. The average molecular weight is 465 g/mol. The lowest BCUT2D eigenvalue weighted by Crippen LogP contribution is -2.41. The van der Waals surface area contributed by atoms with E-state index in [4.69, 9.17) is 15.2 Å². The fourth-order valence-corrected chi connectivity index (χ4v) is 3.92. The van der Waals surface area contributed by atoms with Crippen LogP contribution >= 0.6 is 0 Å². The van der Waals surface area contributed by atoms with Crippen molar-refractivity contribution in [2.24, 2.45) is 0 Å². The number of fused-ring (bicyclic) bond motifs is 1. The van der Waals surface area contributed by atoms with Crippen molar-refractivity contribution >= 4 is 17.4 Å². The smallest absolute Gasteiger partial charge is 0.330 e. The van der Waals surface area contributed by atoms with Crippen LogP contribution in [0.3, 0.4) is 0 Å². The summed E-state index contributed by atoms with van der Waals surface area (Å²) in [5.41, 5.74) is 6.84. The van der Waals surface area contributed by atoms with Crippen molar-refractivity contribution in [3.8, 4) is 11.5 Å². The number of H-pyrrole nitrogens is 1. The van der Waals surface area contributed by atoms with Gasteiger partial charge in [0.05, 0.1) is 6.54 Å². The number of aryl methyl sites for hydroxylation is 1. The van der Waals surface area contributed by atoms with E-state index in [9.17, 15) is 14.4 Å². The van der Waals surface area contributed by atoms with Crippen molar-refractivity contribution in [2.45, 2.75) is 39.2 Å². The molecule has 3 N–H and O–H groups in total. The van der Waals surface area contributed by atoms with Crippen LogP contribution in [0.4, 0.5) is 11.5 Å². The largest absolute Gasteiger partial charge is 0.454 e. The molecule has 1 aromatic heterocycles. The Morgan fingerprint density at radius 2 is 1.85 bits per heavy atom. The summed E-state index contributed by atoms with van der Waals surface area (Å²) in [6, 6.07) is 14.9. The highest BCUT2D eigenvalue weighted by molar-refractivity contribution is 5.95. The summed E-state index contributed by atoms with van der Waals surface area (Å²) in [6.07, 6.45) is 2.14. The summed E-state index contributed by atoms with van der Waals surface area (Å²) >= 11 is 0. The van der Waals surface area contributed by atoms with Gasteiger partial charge in [-0.2, -0.15) is 0 Å². The first kappa shape index (κ1) is 23.2. The van der Waals surface area contributed by atoms with Gasteiger partial charge in [0.25, 0.3) is 5.56 Å². The number of nitrogen functional groups attached to an aromatic ring is 1. The van der Waals surface area contributed by atoms with E-state index < -0.39 is 11.2 Å². The first-order valence-corrected chi connectivity index (χ1v) is 11.3. The fraction of sp³-hybridized carbons (Fsp3) is 0.320. The number of hydrogen-bond donors (Lipinski definition) is 2. The number of carbonyl (C=O) groups is 1. The molecular formula is C25H28N4O5. The van der Waals surface area contributed by atoms with Gasteiger partial charge < -0.3 is 20.1 Å². The molecule has 1 amide bonds. The Labute approximate surface area is 196 Å². The molecule has 0 aliphatic carbocycles. The number of nitrogens with zero attached hydrogens (tertiary/aromatic N) is 2. The van der Waals surface area contributed by atoms with Crippen molar-refractivity contribution in [3.05, 3.63) is 80.5 Å². The summed E-state index contributed by atoms with van der Waals surface area (Å²) in [5, 5.41) is 0. The Morgan fingerprint density at radius 1 is 1.09 bits per heavy atom. The van der Waals surface area contributed by atoms with Gasteiger partial charge in [0.2, 0.25) is 12.7 Å². The van der Waals surface area contributed by atoms with Crippen LogP contribution < -0.4 is 31.4 Å². The van der Waals surface area contributed by atoms with E-state index in [1.807, 2.05) is 55.5 Å². The Morgan fingerprint density at radius 3 is 2.62 bits per heavy atom. The Balaban J connectivity index is 1.61. The summed E-state index contributed by atoms with van der Waals surface area (Å²) in [6.45, 7) is 2.69. The van der Waals surface area contributed by atoms with Crippen molar-refractivity contribution in [1.82, 2.24) is 9.55 Å². The zero-order valence-corrected chi connectivity index (χ0v) is 19.1. The monoisotopic (exact) mass is 464 g/mol. The first-order valence-electron chi connectivity index (χ1n) is 11.3. The third-order valence-corrected chi connectivity index (χ3v) is 5.77. The van der Waals surface area contributed by atoms with Crippen LogP contribution in [-0.4, -0.2) is 28.8 Å². The molecule has 9 heteroatoms. The highest BCUT2D eigenvalue weighted by Crippen LogP contribution is 2.33. The SMILES string of the molecule is CCCCN(C(=O)CCc1ccc2c(c1)OCO2)c1c(N)n(Cc2ccccc2)c(=O)[nH]c1=O. The van der Waals surface area contributed by atoms with Crippen LogP contribution in [0.1, 0.15) is 37.3 Å². The molecule has 3 aromatic rings. The van der Waals surface area contributed by atoms with Crippen molar-refractivity contribution in [1.29, 1.82) is 0 Å².